The Morgan fingerprint density at radius 2 is 1.83 bits per heavy atom. The third-order valence-electron chi connectivity index (χ3n) is 4.76. The summed E-state index contributed by atoms with van der Waals surface area (Å²) in [6, 6.07) is 20.7. The number of rotatable bonds is 5. The minimum Gasteiger partial charge on any atom is -0.358 e. The van der Waals surface area contributed by atoms with Gasteiger partial charge in [-0.25, -0.2) is 5.43 Å². The zero-order valence-corrected chi connectivity index (χ0v) is 15.9. The molecule has 2 heterocycles. The Bertz CT molecular complexity index is 1250. The van der Waals surface area contributed by atoms with Crippen molar-refractivity contribution in [2.75, 3.05) is 0 Å². The monoisotopic (exact) mass is 384 g/mol. The Morgan fingerprint density at radius 3 is 2.66 bits per heavy atom. The first-order valence-electron chi connectivity index (χ1n) is 9.27. The Labute approximate surface area is 167 Å². The van der Waals surface area contributed by atoms with Crippen LogP contribution in [0.5, 0.6) is 0 Å². The number of nitrogens with zero attached hydrogens (tertiary/aromatic N) is 2. The van der Waals surface area contributed by atoms with Crippen molar-refractivity contribution < 1.29 is 4.79 Å². The molecule has 6 nitrogen and oxygen atoms in total. The number of aromatic nitrogens is 2. The number of pyridine rings is 1. The van der Waals surface area contributed by atoms with Crippen LogP contribution >= 0.6 is 0 Å². The molecule has 0 atom stereocenters. The molecule has 0 saturated carbocycles. The molecule has 1 amide bonds. The van der Waals surface area contributed by atoms with Gasteiger partial charge in [0.05, 0.1) is 12.8 Å². The number of hydrogen-bond acceptors (Lipinski definition) is 3. The molecule has 0 bridgehead atoms. The van der Waals surface area contributed by atoms with Crippen molar-refractivity contribution in [3.8, 4) is 0 Å². The van der Waals surface area contributed by atoms with Crippen LogP contribution in [0.25, 0.3) is 10.9 Å². The third-order valence-corrected chi connectivity index (χ3v) is 4.76. The Balaban J connectivity index is 1.53. The standard InChI is InChI=1S/C23H20N4O2/c1-16-20(18-10-5-6-12-21(18)25-16)14-24-26-22(28)19-11-7-13-27(23(19)29)15-17-8-3-2-4-9-17/h2-14,25H,15H2,1H3,(H,26,28)/b24-14-. The van der Waals surface area contributed by atoms with E-state index >= 15 is 0 Å². The number of hydrogen-bond donors (Lipinski definition) is 2. The molecule has 2 aromatic carbocycles. The fourth-order valence-electron chi connectivity index (χ4n) is 3.29. The summed E-state index contributed by atoms with van der Waals surface area (Å²) in [6.45, 7) is 2.35. The van der Waals surface area contributed by atoms with E-state index in [1.807, 2.05) is 61.5 Å². The van der Waals surface area contributed by atoms with Crippen LogP contribution in [0.3, 0.4) is 0 Å². The molecule has 2 aromatic heterocycles. The van der Waals surface area contributed by atoms with Crippen LogP contribution in [0.1, 0.15) is 27.2 Å². The van der Waals surface area contributed by atoms with E-state index in [4.69, 9.17) is 0 Å². The maximum atomic E-state index is 12.7. The summed E-state index contributed by atoms with van der Waals surface area (Å²) >= 11 is 0. The molecular weight excluding hydrogens is 364 g/mol. The van der Waals surface area contributed by atoms with E-state index in [-0.39, 0.29) is 11.1 Å². The van der Waals surface area contributed by atoms with E-state index in [1.165, 1.54) is 10.6 Å². The normalized spacial score (nSPS) is 11.2. The lowest BCUT2D eigenvalue weighted by molar-refractivity contribution is 0.0953. The van der Waals surface area contributed by atoms with Crippen LogP contribution in [0.2, 0.25) is 0 Å². The van der Waals surface area contributed by atoms with Gasteiger partial charge in [-0.2, -0.15) is 5.10 Å². The zero-order valence-electron chi connectivity index (χ0n) is 15.9. The molecule has 4 rings (SSSR count). The predicted octanol–water partition coefficient (Wildman–Crippen LogP) is 3.45. The summed E-state index contributed by atoms with van der Waals surface area (Å²) in [5, 5.41) is 5.08. The highest BCUT2D eigenvalue weighted by atomic mass is 16.2. The summed E-state index contributed by atoms with van der Waals surface area (Å²) in [5.41, 5.74) is 6.00. The molecule has 6 heteroatoms. The maximum absolute atomic E-state index is 12.7. The molecule has 0 radical (unpaired) electrons. The molecule has 0 spiro atoms. The minimum absolute atomic E-state index is 0.0521. The second-order valence-electron chi connectivity index (χ2n) is 6.75. The predicted molar refractivity (Wildman–Crippen MR) is 114 cm³/mol. The van der Waals surface area contributed by atoms with Gasteiger partial charge in [0.1, 0.15) is 5.56 Å². The average Bonchev–Trinajstić information content (AvgIpc) is 3.05. The van der Waals surface area contributed by atoms with Crippen LogP contribution < -0.4 is 11.0 Å². The van der Waals surface area contributed by atoms with E-state index in [0.717, 1.165) is 27.7 Å². The number of benzene rings is 2. The highest BCUT2D eigenvalue weighted by Crippen LogP contribution is 2.19. The van der Waals surface area contributed by atoms with Gasteiger partial charge in [0.15, 0.2) is 0 Å². The molecular formula is C23H20N4O2. The lowest BCUT2D eigenvalue weighted by Gasteiger charge is -2.07. The van der Waals surface area contributed by atoms with Crippen molar-refractivity contribution in [2.24, 2.45) is 5.10 Å². The molecule has 29 heavy (non-hydrogen) atoms. The second-order valence-corrected chi connectivity index (χ2v) is 6.75. The van der Waals surface area contributed by atoms with Gasteiger partial charge >= 0.3 is 0 Å². The van der Waals surface area contributed by atoms with Crippen molar-refractivity contribution in [1.29, 1.82) is 0 Å². The molecule has 144 valence electrons. The van der Waals surface area contributed by atoms with Crippen molar-refractivity contribution >= 4 is 23.0 Å². The number of H-pyrrole nitrogens is 1. The Hall–Kier alpha value is -3.93. The number of carbonyl (C=O) groups is 1. The molecule has 0 aliphatic rings. The second kappa shape index (κ2) is 7.98. The largest absolute Gasteiger partial charge is 0.358 e. The van der Waals surface area contributed by atoms with Gasteiger partial charge in [0.25, 0.3) is 11.5 Å². The third kappa shape index (κ3) is 3.87. The van der Waals surface area contributed by atoms with Crippen LogP contribution in [0.15, 0.2) is 82.8 Å². The lowest BCUT2D eigenvalue weighted by atomic mass is 10.1. The Morgan fingerprint density at radius 1 is 1.07 bits per heavy atom. The number of carbonyl (C=O) groups excluding carboxylic acids is 1. The highest BCUT2D eigenvalue weighted by molar-refractivity contribution is 6.01. The summed E-state index contributed by atoms with van der Waals surface area (Å²) in [5.74, 6) is -0.536. The smallest absolute Gasteiger partial charge is 0.276 e. The van der Waals surface area contributed by atoms with Crippen molar-refractivity contribution in [2.45, 2.75) is 13.5 Å². The summed E-state index contributed by atoms with van der Waals surface area (Å²) in [6.07, 6.45) is 3.27. The van der Waals surface area contributed by atoms with Crippen LogP contribution in [0, 0.1) is 6.92 Å². The van der Waals surface area contributed by atoms with E-state index in [1.54, 1.807) is 18.5 Å². The number of fused-ring (bicyclic) bond motifs is 1. The summed E-state index contributed by atoms with van der Waals surface area (Å²) < 4.78 is 1.51. The number of aryl methyl sites for hydroxylation is 1. The highest BCUT2D eigenvalue weighted by Gasteiger charge is 2.12. The number of para-hydroxylation sites is 1. The molecule has 4 aromatic rings. The van der Waals surface area contributed by atoms with Gasteiger partial charge in [0, 0.05) is 28.4 Å². The van der Waals surface area contributed by atoms with Gasteiger partial charge in [-0.3, -0.25) is 9.59 Å². The van der Waals surface area contributed by atoms with E-state index < -0.39 is 5.91 Å². The number of amides is 1. The number of aromatic amines is 1. The van der Waals surface area contributed by atoms with Gasteiger partial charge in [-0.05, 0) is 30.7 Å². The van der Waals surface area contributed by atoms with Crippen molar-refractivity contribution in [3.63, 3.8) is 0 Å². The SMILES string of the molecule is Cc1[nH]c2ccccc2c1/C=N\NC(=O)c1cccn(Cc2ccccc2)c1=O. The molecule has 0 aliphatic heterocycles. The maximum Gasteiger partial charge on any atom is 0.276 e. The summed E-state index contributed by atoms with van der Waals surface area (Å²) in [4.78, 5) is 28.5. The summed E-state index contributed by atoms with van der Waals surface area (Å²) in [7, 11) is 0. The molecule has 0 fully saturated rings. The molecule has 0 saturated heterocycles. The van der Waals surface area contributed by atoms with Gasteiger partial charge in [-0.15, -0.1) is 0 Å². The Kier molecular flexibility index (Phi) is 5.07. The van der Waals surface area contributed by atoms with Crippen LogP contribution in [-0.2, 0) is 6.54 Å². The molecule has 0 unspecified atom stereocenters. The number of hydrazone groups is 1. The molecule has 2 N–H and O–H groups in total. The average molecular weight is 384 g/mol. The lowest BCUT2D eigenvalue weighted by Crippen LogP contribution is -2.30. The van der Waals surface area contributed by atoms with E-state index in [9.17, 15) is 9.59 Å². The fourth-order valence-corrected chi connectivity index (χ4v) is 3.29. The van der Waals surface area contributed by atoms with E-state index in [2.05, 4.69) is 15.5 Å². The van der Waals surface area contributed by atoms with Crippen molar-refractivity contribution in [3.05, 3.63) is 106 Å². The minimum atomic E-state index is -0.536. The van der Waals surface area contributed by atoms with Crippen LogP contribution in [0.4, 0.5) is 0 Å². The zero-order chi connectivity index (χ0) is 20.2. The first kappa shape index (κ1) is 18.4. The first-order chi connectivity index (χ1) is 14.1. The quantitative estimate of drug-likeness (QED) is 0.408. The fraction of sp³-hybridized carbons (Fsp3) is 0.0870. The van der Waals surface area contributed by atoms with Crippen LogP contribution in [-0.4, -0.2) is 21.7 Å². The van der Waals surface area contributed by atoms with Gasteiger partial charge in [0.2, 0.25) is 0 Å². The van der Waals surface area contributed by atoms with Gasteiger partial charge < -0.3 is 9.55 Å². The van der Waals surface area contributed by atoms with E-state index in [0.29, 0.717) is 6.54 Å². The van der Waals surface area contributed by atoms with Crippen molar-refractivity contribution in [1.82, 2.24) is 15.0 Å². The van der Waals surface area contributed by atoms with Gasteiger partial charge in [-0.1, -0.05) is 48.5 Å². The first-order valence-corrected chi connectivity index (χ1v) is 9.27. The topological polar surface area (TPSA) is 79.2 Å². The number of nitrogens with one attached hydrogen (secondary N) is 2. The molecule has 0 aliphatic carbocycles.